The molecule has 0 aliphatic heterocycles. The van der Waals surface area contributed by atoms with Crippen LogP contribution < -0.4 is 5.46 Å². The zero-order chi connectivity index (χ0) is 15.5. The first-order valence-corrected chi connectivity index (χ1v) is 7.54. The second-order valence-electron chi connectivity index (χ2n) is 5.45. The van der Waals surface area contributed by atoms with Crippen LogP contribution >= 0.6 is 11.6 Å². The maximum absolute atomic E-state index is 6.12. The summed E-state index contributed by atoms with van der Waals surface area (Å²) in [6.07, 6.45) is 4.37. The molecule has 0 radical (unpaired) electrons. The van der Waals surface area contributed by atoms with Crippen molar-refractivity contribution in [1.29, 1.82) is 0 Å². The first-order valence-electron chi connectivity index (χ1n) is 7.16. The molecule has 0 bridgehead atoms. The van der Waals surface area contributed by atoms with Gasteiger partial charge in [-0.25, -0.2) is 4.98 Å². The van der Waals surface area contributed by atoms with Gasteiger partial charge in [0.15, 0.2) is 0 Å². The minimum Gasteiger partial charge on any atom is -0.407 e. The van der Waals surface area contributed by atoms with Gasteiger partial charge in [-0.2, -0.15) is 0 Å². The molecule has 0 amide bonds. The summed E-state index contributed by atoms with van der Waals surface area (Å²) in [6, 6.07) is 3.65. The zero-order valence-electron chi connectivity index (χ0n) is 12.9. The molecule has 0 aliphatic carbocycles. The Morgan fingerprint density at radius 3 is 2.67 bits per heavy atom. The molecular weight excluding hydrogens is 286 g/mol. The van der Waals surface area contributed by atoms with E-state index in [-0.39, 0.29) is 5.60 Å². The monoisotopic (exact) mass is 306 g/mol. The van der Waals surface area contributed by atoms with Gasteiger partial charge in [0, 0.05) is 35.5 Å². The van der Waals surface area contributed by atoms with Gasteiger partial charge in [0.1, 0.15) is 5.15 Å². The lowest BCUT2D eigenvalue weighted by Gasteiger charge is -2.28. The van der Waals surface area contributed by atoms with Crippen molar-refractivity contribution in [1.82, 2.24) is 9.97 Å². The SMILES string of the molecule is CCOB(OC(C)(C)CC)c1cncc2ccc(Cl)nc12. The smallest absolute Gasteiger partial charge is 0.407 e. The van der Waals surface area contributed by atoms with Crippen molar-refractivity contribution in [3.63, 3.8) is 0 Å². The highest BCUT2D eigenvalue weighted by atomic mass is 35.5. The van der Waals surface area contributed by atoms with Crippen LogP contribution in [0.25, 0.3) is 10.9 Å². The average Bonchev–Trinajstić information content (AvgIpc) is 2.46. The molecule has 2 rings (SSSR count). The molecule has 6 heteroatoms. The molecule has 2 aromatic heterocycles. The first kappa shape index (κ1) is 16.2. The summed E-state index contributed by atoms with van der Waals surface area (Å²) >= 11 is 6.02. The molecule has 21 heavy (non-hydrogen) atoms. The Bertz CT molecular complexity index is 622. The minimum atomic E-state index is -0.507. The number of rotatable bonds is 6. The molecule has 2 heterocycles. The van der Waals surface area contributed by atoms with E-state index < -0.39 is 7.12 Å². The van der Waals surface area contributed by atoms with Crippen LogP contribution in [0.4, 0.5) is 0 Å². The number of fused-ring (bicyclic) bond motifs is 1. The van der Waals surface area contributed by atoms with E-state index in [2.05, 4.69) is 16.9 Å². The summed E-state index contributed by atoms with van der Waals surface area (Å²) < 4.78 is 11.9. The summed E-state index contributed by atoms with van der Waals surface area (Å²) in [6.45, 7) is 8.64. The van der Waals surface area contributed by atoms with E-state index in [1.807, 2.05) is 26.8 Å². The Labute approximate surface area is 131 Å². The Morgan fingerprint density at radius 1 is 1.24 bits per heavy atom. The number of aromatic nitrogens is 2. The van der Waals surface area contributed by atoms with Crippen LogP contribution in [-0.4, -0.2) is 29.3 Å². The largest absolute Gasteiger partial charge is 0.498 e. The third kappa shape index (κ3) is 3.93. The van der Waals surface area contributed by atoms with Crippen molar-refractivity contribution in [3.05, 3.63) is 29.7 Å². The molecule has 0 fully saturated rings. The van der Waals surface area contributed by atoms with Crippen LogP contribution in [0.15, 0.2) is 24.5 Å². The van der Waals surface area contributed by atoms with E-state index in [1.54, 1.807) is 18.5 Å². The molecule has 0 atom stereocenters. The van der Waals surface area contributed by atoms with Gasteiger partial charge in [-0.15, -0.1) is 0 Å². The number of hydrogen-bond acceptors (Lipinski definition) is 4. The minimum absolute atomic E-state index is 0.291. The van der Waals surface area contributed by atoms with Gasteiger partial charge >= 0.3 is 7.12 Å². The van der Waals surface area contributed by atoms with Gasteiger partial charge in [-0.1, -0.05) is 18.5 Å². The predicted octanol–water partition coefficient (Wildman–Crippen LogP) is 3.22. The Kier molecular flexibility index (Phi) is 5.20. The van der Waals surface area contributed by atoms with Crippen molar-refractivity contribution in [3.8, 4) is 0 Å². The number of halogens is 1. The maximum Gasteiger partial charge on any atom is 0.498 e. The standard InChI is InChI=1S/C15H20BClN2O2/c1-5-15(3,4)21-16(20-6-2)12-10-18-9-11-7-8-13(17)19-14(11)12/h7-10H,5-6H2,1-4H3. The Morgan fingerprint density at radius 2 is 2.00 bits per heavy atom. The van der Waals surface area contributed by atoms with Gasteiger partial charge in [-0.3, -0.25) is 4.98 Å². The lowest BCUT2D eigenvalue weighted by molar-refractivity contribution is 0.0707. The fraction of sp³-hybridized carbons (Fsp3) is 0.467. The topological polar surface area (TPSA) is 44.2 Å². The molecule has 0 saturated heterocycles. The number of pyridine rings is 2. The second kappa shape index (κ2) is 6.73. The van der Waals surface area contributed by atoms with Crippen molar-refractivity contribution >= 4 is 35.1 Å². The fourth-order valence-corrected chi connectivity index (χ4v) is 2.07. The van der Waals surface area contributed by atoms with Crippen LogP contribution in [-0.2, 0) is 9.31 Å². The molecule has 4 nitrogen and oxygen atoms in total. The van der Waals surface area contributed by atoms with Crippen molar-refractivity contribution in [2.45, 2.75) is 39.7 Å². The Balaban J connectivity index is 2.47. The maximum atomic E-state index is 6.12. The first-order chi connectivity index (χ1) is 9.96. The molecule has 0 aliphatic rings. The lowest BCUT2D eigenvalue weighted by atomic mass is 9.77. The molecule has 2 aromatic rings. The third-order valence-electron chi connectivity index (χ3n) is 3.44. The zero-order valence-corrected chi connectivity index (χ0v) is 13.6. The summed E-state index contributed by atoms with van der Waals surface area (Å²) in [5.41, 5.74) is 1.28. The van der Waals surface area contributed by atoms with E-state index in [1.165, 1.54) is 0 Å². The fourth-order valence-electron chi connectivity index (χ4n) is 1.92. The number of hydrogen-bond donors (Lipinski definition) is 0. The van der Waals surface area contributed by atoms with Gasteiger partial charge in [-0.05, 0) is 39.3 Å². The van der Waals surface area contributed by atoms with Crippen molar-refractivity contribution < 1.29 is 9.31 Å². The van der Waals surface area contributed by atoms with E-state index in [0.29, 0.717) is 11.8 Å². The molecular formula is C15H20BClN2O2. The number of nitrogens with zero attached hydrogens (tertiary/aromatic N) is 2. The Hall–Kier alpha value is -1.17. The van der Waals surface area contributed by atoms with Gasteiger partial charge < -0.3 is 9.31 Å². The van der Waals surface area contributed by atoms with E-state index in [0.717, 1.165) is 22.8 Å². The highest BCUT2D eigenvalue weighted by Gasteiger charge is 2.31. The normalized spacial score (nSPS) is 11.9. The quantitative estimate of drug-likeness (QED) is 0.607. The molecule has 112 valence electrons. The second-order valence-corrected chi connectivity index (χ2v) is 5.84. The van der Waals surface area contributed by atoms with Crippen LogP contribution in [0.2, 0.25) is 5.15 Å². The molecule has 0 saturated carbocycles. The summed E-state index contributed by atoms with van der Waals surface area (Å²) in [5, 5.41) is 1.36. The molecule has 0 unspecified atom stereocenters. The van der Waals surface area contributed by atoms with E-state index in [9.17, 15) is 0 Å². The van der Waals surface area contributed by atoms with Crippen molar-refractivity contribution in [2.75, 3.05) is 6.61 Å². The summed E-state index contributed by atoms with van der Waals surface area (Å²) in [7, 11) is -0.507. The highest BCUT2D eigenvalue weighted by molar-refractivity contribution is 6.64. The van der Waals surface area contributed by atoms with Crippen LogP contribution in [0.5, 0.6) is 0 Å². The highest BCUT2D eigenvalue weighted by Crippen LogP contribution is 2.18. The third-order valence-corrected chi connectivity index (χ3v) is 3.65. The molecule has 0 spiro atoms. The molecule has 0 aromatic carbocycles. The van der Waals surface area contributed by atoms with E-state index in [4.69, 9.17) is 20.9 Å². The van der Waals surface area contributed by atoms with Crippen LogP contribution in [0.3, 0.4) is 0 Å². The average molecular weight is 307 g/mol. The lowest BCUT2D eigenvalue weighted by Crippen LogP contribution is -2.44. The van der Waals surface area contributed by atoms with Crippen LogP contribution in [0.1, 0.15) is 34.1 Å². The van der Waals surface area contributed by atoms with Gasteiger partial charge in [0.25, 0.3) is 0 Å². The van der Waals surface area contributed by atoms with Crippen molar-refractivity contribution in [2.24, 2.45) is 0 Å². The predicted molar refractivity (Wildman–Crippen MR) is 87.0 cm³/mol. The van der Waals surface area contributed by atoms with Crippen LogP contribution in [0, 0.1) is 0 Å². The summed E-state index contributed by atoms with van der Waals surface area (Å²) in [5.74, 6) is 0. The van der Waals surface area contributed by atoms with E-state index >= 15 is 0 Å². The van der Waals surface area contributed by atoms with Gasteiger partial charge in [0.2, 0.25) is 0 Å². The summed E-state index contributed by atoms with van der Waals surface area (Å²) in [4.78, 5) is 8.66. The van der Waals surface area contributed by atoms with Gasteiger partial charge in [0.05, 0.1) is 5.52 Å². The molecule has 0 N–H and O–H groups in total.